The molecule has 7 heteroatoms. The molecule has 5 nitrogen and oxygen atoms in total. The molecule has 0 aliphatic heterocycles. The first-order valence-corrected chi connectivity index (χ1v) is 8.10. The van der Waals surface area contributed by atoms with Gasteiger partial charge in [0.05, 0.1) is 11.4 Å². The van der Waals surface area contributed by atoms with Crippen LogP contribution >= 0.6 is 22.9 Å². The average Bonchev–Trinajstić information content (AvgIpc) is 3.00. The summed E-state index contributed by atoms with van der Waals surface area (Å²) in [6, 6.07) is 10.8. The van der Waals surface area contributed by atoms with Crippen LogP contribution in [0.15, 0.2) is 36.4 Å². The van der Waals surface area contributed by atoms with Crippen LogP contribution in [0.3, 0.4) is 0 Å². The van der Waals surface area contributed by atoms with Crippen LogP contribution in [0.5, 0.6) is 5.75 Å². The summed E-state index contributed by atoms with van der Waals surface area (Å²) in [5.41, 5.74) is 1.08. The van der Waals surface area contributed by atoms with Crippen LogP contribution in [0, 0.1) is 0 Å². The largest absolute Gasteiger partial charge is 0.497 e. The van der Waals surface area contributed by atoms with E-state index in [4.69, 9.17) is 21.1 Å². The summed E-state index contributed by atoms with van der Waals surface area (Å²) in [5.74, 6) is -0.0971. The van der Waals surface area contributed by atoms with Crippen LogP contribution in [-0.2, 0) is 16.0 Å². The van der Waals surface area contributed by atoms with Gasteiger partial charge in [0.25, 0.3) is 5.91 Å². The van der Waals surface area contributed by atoms with Gasteiger partial charge in [-0.15, -0.1) is 11.3 Å². The fourth-order valence-electron chi connectivity index (χ4n) is 1.82. The number of hydrogen-bond acceptors (Lipinski definition) is 5. The van der Waals surface area contributed by atoms with Gasteiger partial charge in [0, 0.05) is 6.54 Å². The number of amides is 1. The van der Waals surface area contributed by atoms with Crippen molar-refractivity contribution in [3.63, 3.8) is 0 Å². The minimum atomic E-state index is -0.549. The third kappa shape index (κ3) is 5.58. The van der Waals surface area contributed by atoms with Crippen molar-refractivity contribution in [1.82, 2.24) is 5.32 Å². The minimum Gasteiger partial charge on any atom is -0.497 e. The topological polar surface area (TPSA) is 64.6 Å². The van der Waals surface area contributed by atoms with Gasteiger partial charge in [-0.3, -0.25) is 4.79 Å². The van der Waals surface area contributed by atoms with Crippen molar-refractivity contribution in [1.29, 1.82) is 0 Å². The van der Waals surface area contributed by atoms with Gasteiger partial charge < -0.3 is 14.8 Å². The van der Waals surface area contributed by atoms with Crippen molar-refractivity contribution in [3.05, 3.63) is 51.2 Å². The quantitative estimate of drug-likeness (QED) is 0.777. The zero-order valence-electron chi connectivity index (χ0n) is 12.5. The Morgan fingerprint density at radius 3 is 2.52 bits per heavy atom. The lowest BCUT2D eigenvalue weighted by molar-refractivity contribution is -0.124. The average molecular weight is 354 g/mol. The number of thiophene rings is 1. The Kier molecular flexibility index (Phi) is 6.43. The maximum Gasteiger partial charge on any atom is 0.348 e. The summed E-state index contributed by atoms with van der Waals surface area (Å²) in [4.78, 5) is 23.7. The number of ether oxygens (including phenoxy) is 2. The highest BCUT2D eigenvalue weighted by atomic mass is 35.5. The maximum atomic E-state index is 11.7. The molecule has 0 aliphatic rings. The van der Waals surface area contributed by atoms with Crippen molar-refractivity contribution in [3.8, 4) is 5.75 Å². The molecular formula is C16H16ClNO4S. The summed E-state index contributed by atoms with van der Waals surface area (Å²) in [7, 11) is 1.61. The van der Waals surface area contributed by atoms with Gasteiger partial charge in [-0.25, -0.2) is 4.79 Å². The van der Waals surface area contributed by atoms with E-state index in [0.29, 0.717) is 22.2 Å². The number of benzene rings is 1. The maximum absolute atomic E-state index is 11.7. The third-order valence-electron chi connectivity index (χ3n) is 3.00. The van der Waals surface area contributed by atoms with E-state index < -0.39 is 5.97 Å². The Morgan fingerprint density at radius 2 is 1.91 bits per heavy atom. The van der Waals surface area contributed by atoms with E-state index in [0.717, 1.165) is 22.6 Å². The number of carbonyl (C=O) groups is 2. The molecule has 1 aromatic heterocycles. The highest BCUT2D eigenvalue weighted by molar-refractivity contribution is 7.17. The molecular weight excluding hydrogens is 338 g/mol. The summed E-state index contributed by atoms with van der Waals surface area (Å²) >= 11 is 6.85. The molecule has 1 heterocycles. The first-order chi connectivity index (χ1) is 11.1. The summed E-state index contributed by atoms with van der Waals surface area (Å²) in [6.45, 7) is 0.157. The Balaban J connectivity index is 1.67. The Hall–Kier alpha value is -2.05. The van der Waals surface area contributed by atoms with Gasteiger partial charge in [0.15, 0.2) is 6.61 Å². The third-order valence-corrected chi connectivity index (χ3v) is 4.21. The zero-order valence-corrected chi connectivity index (χ0v) is 14.1. The van der Waals surface area contributed by atoms with Gasteiger partial charge >= 0.3 is 5.97 Å². The highest BCUT2D eigenvalue weighted by Crippen LogP contribution is 2.21. The SMILES string of the molecule is COc1ccc(CCNC(=O)COC(=O)c2ccc(Cl)s2)cc1. The standard InChI is InChI=1S/C16H16ClNO4S/c1-21-12-4-2-11(3-5-12)8-9-18-15(19)10-22-16(20)13-6-7-14(17)23-13/h2-7H,8-10H2,1H3,(H,18,19). The second kappa shape index (κ2) is 8.55. The van der Waals surface area contributed by atoms with E-state index in [9.17, 15) is 9.59 Å². The Labute approximate surface area is 143 Å². The van der Waals surface area contributed by atoms with Crippen LogP contribution in [-0.4, -0.2) is 32.1 Å². The van der Waals surface area contributed by atoms with Crippen molar-refractivity contribution in [2.45, 2.75) is 6.42 Å². The molecule has 2 aromatic rings. The molecule has 122 valence electrons. The van der Waals surface area contributed by atoms with Gasteiger partial charge in [-0.05, 0) is 36.2 Å². The number of methoxy groups -OCH3 is 1. The molecule has 0 radical (unpaired) electrons. The molecule has 0 unspecified atom stereocenters. The molecule has 1 N–H and O–H groups in total. The van der Waals surface area contributed by atoms with E-state index in [1.54, 1.807) is 19.2 Å². The summed E-state index contributed by atoms with van der Waals surface area (Å²) in [5, 5.41) is 2.70. The van der Waals surface area contributed by atoms with Crippen molar-refractivity contribution in [2.24, 2.45) is 0 Å². The van der Waals surface area contributed by atoms with Crippen LogP contribution in [0.25, 0.3) is 0 Å². The predicted molar refractivity (Wildman–Crippen MR) is 89.3 cm³/mol. The van der Waals surface area contributed by atoms with Crippen molar-refractivity contribution < 1.29 is 19.1 Å². The van der Waals surface area contributed by atoms with E-state index in [1.165, 1.54) is 0 Å². The molecule has 0 fully saturated rings. The number of hydrogen-bond donors (Lipinski definition) is 1. The Morgan fingerprint density at radius 1 is 1.17 bits per heavy atom. The van der Waals surface area contributed by atoms with Crippen molar-refractivity contribution in [2.75, 3.05) is 20.3 Å². The first kappa shape index (κ1) is 17.3. The summed E-state index contributed by atoms with van der Waals surface area (Å²) in [6.07, 6.45) is 0.685. The van der Waals surface area contributed by atoms with Crippen LogP contribution in [0.1, 0.15) is 15.2 Å². The molecule has 23 heavy (non-hydrogen) atoms. The van der Waals surface area contributed by atoms with Gasteiger partial charge in [0.2, 0.25) is 0 Å². The molecule has 1 amide bonds. The lowest BCUT2D eigenvalue weighted by Crippen LogP contribution is -2.30. The van der Waals surface area contributed by atoms with E-state index >= 15 is 0 Å². The lowest BCUT2D eigenvalue weighted by atomic mass is 10.1. The first-order valence-electron chi connectivity index (χ1n) is 6.90. The van der Waals surface area contributed by atoms with E-state index in [1.807, 2.05) is 24.3 Å². The normalized spacial score (nSPS) is 10.2. The van der Waals surface area contributed by atoms with Gasteiger partial charge in [-0.1, -0.05) is 23.7 Å². The predicted octanol–water partition coefficient (Wildman–Crippen LogP) is 2.93. The lowest BCUT2D eigenvalue weighted by Gasteiger charge is -2.06. The van der Waals surface area contributed by atoms with Crippen LogP contribution < -0.4 is 10.1 Å². The summed E-state index contributed by atoms with van der Waals surface area (Å²) < 4.78 is 10.5. The van der Waals surface area contributed by atoms with Crippen molar-refractivity contribution >= 4 is 34.8 Å². The number of nitrogens with one attached hydrogen (secondary N) is 1. The van der Waals surface area contributed by atoms with E-state index in [2.05, 4.69) is 5.32 Å². The van der Waals surface area contributed by atoms with Crippen LogP contribution in [0.4, 0.5) is 0 Å². The number of carbonyl (C=O) groups excluding carboxylic acids is 2. The smallest absolute Gasteiger partial charge is 0.348 e. The monoisotopic (exact) mass is 353 g/mol. The molecule has 0 aliphatic carbocycles. The van der Waals surface area contributed by atoms with Crippen LogP contribution in [0.2, 0.25) is 4.34 Å². The molecule has 2 rings (SSSR count). The second-order valence-corrected chi connectivity index (χ2v) is 6.34. The molecule has 0 saturated carbocycles. The van der Waals surface area contributed by atoms with E-state index in [-0.39, 0.29) is 12.5 Å². The number of rotatable bonds is 7. The highest BCUT2D eigenvalue weighted by Gasteiger charge is 2.12. The fourth-order valence-corrected chi connectivity index (χ4v) is 2.75. The minimum absolute atomic E-state index is 0.309. The fraction of sp³-hybridized carbons (Fsp3) is 0.250. The zero-order chi connectivity index (χ0) is 16.7. The molecule has 1 aromatic carbocycles. The molecule has 0 saturated heterocycles. The van der Waals surface area contributed by atoms with Gasteiger partial charge in [-0.2, -0.15) is 0 Å². The number of esters is 1. The Bertz CT molecular complexity index is 669. The number of halogens is 1. The second-order valence-electron chi connectivity index (χ2n) is 4.63. The van der Waals surface area contributed by atoms with Gasteiger partial charge in [0.1, 0.15) is 10.6 Å². The molecule has 0 spiro atoms. The molecule has 0 atom stereocenters. The molecule has 0 bridgehead atoms.